The normalized spacial score (nSPS) is 10.9. The number of nitrogens with one attached hydrogen (secondary N) is 1. The van der Waals surface area contributed by atoms with E-state index in [2.05, 4.69) is 26.1 Å². The van der Waals surface area contributed by atoms with E-state index in [0.29, 0.717) is 19.3 Å². The van der Waals surface area contributed by atoms with Gasteiger partial charge >= 0.3 is 0 Å². The fourth-order valence-electron chi connectivity index (χ4n) is 1.78. The van der Waals surface area contributed by atoms with Gasteiger partial charge in [0.25, 0.3) is 0 Å². The van der Waals surface area contributed by atoms with Crippen LogP contribution < -0.4 is 14.8 Å². The minimum atomic E-state index is 0.313. The number of rotatable bonds is 12. The van der Waals surface area contributed by atoms with Gasteiger partial charge in [-0.2, -0.15) is 0 Å². The second-order valence-corrected chi connectivity index (χ2v) is 5.17. The summed E-state index contributed by atoms with van der Waals surface area (Å²) >= 11 is 0. The first kappa shape index (κ1) is 17.8. The Morgan fingerprint density at radius 2 is 1.62 bits per heavy atom. The van der Waals surface area contributed by atoms with Crippen molar-refractivity contribution in [2.45, 2.75) is 39.7 Å². The Bertz CT molecular complexity index is 369. The van der Waals surface area contributed by atoms with Crippen LogP contribution in [0.2, 0.25) is 0 Å². The molecule has 0 spiro atoms. The maximum Gasteiger partial charge on any atom is 0.161 e. The van der Waals surface area contributed by atoms with E-state index in [1.165, 1.54) is 0 Å². The topological polar surface area (TPSA) is 39.7 Å². The molecule has 4 nitrogen and oxygen atoms in total. The Kier molecular flexibility index (Phi) is 9.66. The van der Waals surface area contributed by atoms with Gasteiger partial charge in [0.2, 0.25) is 0 Å². The Labute approximate surface area is 128 Å². The van der Waals surface area contributed by atoms with Crippen LogP contribution >= 0.6 is 0 Å². The van der Waals surface area contributed by atoms with Crippen molar-refractivity contribution in [2.24, 2.45) is 0 Å². The fraction of sp³-hybridized carbons (Fsp3) is 0.647. The molecule has 0 heterocycles. The zero-order chi connectivity index (χ0) is 15.3. The smallest absolute Gasteiger partial charge is 0.161 e. The molecule has 0 unspecified atom stereocenters. The molecular formula is C17H29NO3. The summed E-state index contributed by atoms with van der Waals surface area (Å²) in [5.41, 5.74) is 0. The van der Waals surface area contributed by atoms with Gasteiger partial charge in [0, 0.05) is 13.2 Å². The van der Waals surface area contributed by atoms with Crippen LogP contribution in [-0.2, 0) is 4.74 Å². The van der Waals surface area contributed by atoms with Gasteiger partial charge in [-0.3, -0.25) is 0 Å². The van der Waals surface area contributed by atoms with Crippen LogP contribution in [0.5, 0.6) is 11.5 Å². The first-order valence-electron chi connectivity index (χ1n) is 7.91. The van der Waals surface area contributed by atoms with Crippen molar-refractivity contribution < 1.29 is 14.2 Å². The molecule has 0 bridgehead atoms. The monoisotopic (exact) mass is 295 g/mol. The van der Waals surface area contributed by atoms with Gasteiger partial charge in [-0.05, 0) is 45.4 Å². The summed E-state index contributed by atoms with van der Waals surface area (Å²) in [6.45, 7) is 10.1. The predicted molar refractivity (Wildman–Crippen MR) is 86.3 cm³/mol. The number of ether oxygens (including phenoxy) is 3. The largest absolute Gasteiger partial charge is 0.490 e. The molecule has 0 atom stereocenters. The lowest BCUT2D eigenvalue weighted by atomic mass is 10.3. The fourth-order valence-corrected chi connectivity index (χ4v) is 1.78. The summed E-state index contributed by atoms with van der Waals surface area (Å²) in [6, 6.07) is 7.82. The van der Waals surface area contributed by atoms with Crippen LogP contribution in [0.1, 0.15) is 33.6 Å². The van der Waals surface area contributed by atoms with Crippen molar-refractivity contribution in [1.82, 2.24) is 5.32 Å². The van der Waals surface area contributed by atoms with Gasteiger partial charge in [0.05, 0.1) is 12.7 Å². The second-order valence-electron chi connectivity index (χ2n) is 5.17. The Morgan fingerprint density at radius 3 is 2.24 bits per heavy atom. The van der Waals surface area contributed by atoms with Crippen LogP contribution in [0.4, 0.5) is 0 Å². The highest BCUT2D eigenvalue weighted by molar-refractivity contribution is 5.39. The zero-order valence-corrected chi connectivity index (χ0v) is 13.6. The quantitative estimate of drug-likeness (QED) is 0.601. The Morgan fingerprint density at radius 1 is 0.952 bits per heavy atom. The molecule has 1 rings (SSSR count). The van der Waals surface area contributed by atoms with Crippen molar-refractivity contribution in [1.29, 1.82) is 0 Å². The summed E-state index contributed by atoms with van der Waals surface area (Å²) in [5.74, 6) is 1.64. The molecule has 0 radical (unpaired) electrons. The molecule has 1 aromatic carbocycles. The molecule has 0 aliphatic carbocycles. The molecular weight excluding hydrogens is 266 g/mol. The average molecular weight is 295 g/mol. The number of para-hydroxylation sites is 2. The summed E-state index contributed by atoms with van der Waals surface area (Å²) < 4.78 is 16.9. The molecule has 0 aliphatic rings. The molecule has 0 aliphatic heterocycles. The minimum absolute atomic E-state index is 0.313. The number of hydrogen-bond donors (Lipinski definition) is 1. The van der Waals surface area contributed by atoms with Crippen LogP contribution in [0.3, 0.4) is 0 Å². The number of hydrogen-bond acceptors (Lipinski definition) is 4. The molecule has 1 N–H and O–H groups in total. The lowest BCUT2D eigenvalue weighted by Crippen LogP contribution is -2.23. The molecule has 0 aromatic heterocycles. The molecule has 4 heteroatoms. The zero-order valence-electron chi connectivity index (χ0n) is 13.6. The first-order valence-corrected chi connectivity index (χ1v) is 7.91. The summed E-state index contributed by atoms with van der Waals surface area (Å²) in [5, 5.41) is 3.35. The van der Waals surface area contributed by atoms with Crippen molar-refractivity contribution >= 4 is 0 Å². The second kappa shape index (κ2) is 11.4. The van der Waals surface area contributed by atoms with Gasteiger partial charge in [0.1, 0.15) is 6.61 Å². The summed E-state index contributed by atoms with van der Waals surface area (Å²) in [4.78, 5) is 0. The van der Waals surface area contributed by atoms with E-state index in [1.807, 2.05) is 24.3 Å². The van der Waals surface area contributed by atoms with Crippen molar-refractivity contribution in [2.75, 3.05) is 32.9 Å². The molecule has 0 amide bonds. The molecule has 0 fully saturated rings. The van der Waals surface area contributed by atoms with Crippen LogP contribution in [0, 0.1) is 0 Å². The van der Waals surface area contributed by atoms with Gasteiger partial charge in [-0.25, -0.2) is 0 Å². The van der Waals surface area contributed by atoms with Gasteiger partial charge in [-0.15, -0.1) is 0 Å². The van der Waals surface area contributed by atoms with Gasteiger partial charge in [-0.1, -0.05) is 19.1 Å². The van der Waals surface area contributed by atoms with Crippen molar-refractivity contribution in [3.05, 3.63) is 24.3 Å². The highest BCUT2D eigenvalue weighted by atomic mass is 16.5. The molecule has 0 saturated carbocycles. The average Bonchev–Trinajstić information content (AvgIpc) is 2.48. The van der Waals surface area contributed by atoms with E-state index < -0.39 is 0 Å². The Hall–Kier alpha value is -1.26. The molecule has 120 valence electrons. The van der Waals surface area contributed by atoms with E-state index in [4.69, 9.17) is 14.2 Å². The van der Waals surface area contributed by atoms with E-state index >= 15 is 0 Å². The van der Waals surface area contributed by atoms with E-state index in [-0.39, 0.29) is 0 Å². The highest BCUT2D eigenvalue weighted by Crippen LogP contribution is 2.26. The van der Waals surface area contributed by atoms with Gasteiger partial charge < -0.3 is 19.5 Å². The van der Waals surface area contributed by atoms with Crippen molar-refractivity contribution in [3.63, 3.8) is 0 Å². The molecule has 0 saturated heterocycles. The third kappa shape index (κ3) is 8.58. The molecule has 21 heavy (non-hydrogen) atoms. The van der Waals surface area contributed by atoms with Crippen LogP contribution in [0.15, 0.2) is 24.3 Å². The highest BCUT2D eigenvalue weighted by Gasteiger charge is 2.03. The Balaban J connectivity index is 2.12. The summed E-state index contributed by atoms with van der Waals surface area (Å²) in [7, 11) is 0. The SMILES string of the molecule is CCCOc1ccccc1OCCNCCCOC(C)C. The predicted octanol–water partition coefficient (Wildman–Crippen LogP) is 3.26. The maximum absolute atomic E-state index is 5.76. The van der Waals surface area contributed by atoms with Crippen molar-refractivity contribution in [3.8, 4) is 11.5 Å². The van der Waals surface area contributed by atoms with E-state index in [1.54, 1.807) is 0 Å². The van der Waals surface area contributed by atoms with Crippen LogP contribution in [-0.4, -0.2) is 39.0 Å². The summed E-state index contributed by atoms with van der Waals surface area (Å²) in [6.07, 6.45) is 2.33. The third-order valence-electron chi connectivity index (χ3n) is 2.80. The third-order valence-corrected chi connectivity index (χ3v) is 2.80. The van der Waals surface area contributed by atoms with Crippen LogP contribution in [0.25, 0.3) is 0 Å². The lowest BCUT2D eigenvalue weighted by molar-refractivity contribution is 0.0769. The minimum Gasteiger partial charge on any atom is -0.490 e. The lowest BCUT2D eigenvalue weighted by Gasteiger charge is -2.12. The van der Waals surface area contributed by atoms with Gasteiger partial charge in [0.15, 0.2) is 11.5 Å². The molecule has 1 aromatic rings. The van der Waals surface area contributed by atoms with E-state index in [9.17, 15) is 0 Å². The first-order chi connectivity index (χ1) is 10.2. The van der Waals surface area contributed by atoms with E-state index in [0.717, 1.165) is 44.0 Å². The standard InChI is InChI=1S/C17H29NO3/c1-4-12-20-16-8-5-6-9-17(16)21-14-11-18-10-7-13-19-15(2)3/h5-6,8-9,15,18H,4,7,10-14H2,1-3H3. The maximum atomic E-state index is 5.76. The number of benzene rings is 1.